The summed E-state index contributed by atoms with van der Waals surface area (Å²) < 4.78 is 36.7. The van der Waals surface area contributed by atoms with Gasteiger partial charge in [-0.15, -0.1) is 0 Å². The number of carboxylic acids is 1. The zero-order chi connectivity index (χ0) is 30.3. The number of rotatable bonds is 1. The van der Waals surface area contributed by atoms with Gasteiger partial charge in [-0.3, -0.25) is 14.4 Å². The number of carbonyl (C=O) groups excluding carboxylic acids is 2. The summed E-state index contributed by atoms with van der Waals surface area (Å²) in [6.45, 7) is 13.1. The van der Waals surface area contributed by atoms with E-state index in [9.17, 15) is 27.5 Å². The lowest BCUT2D eigenvalue weighted by Crippen LogP contribution is -2.65. The molecule has 1 N–H and O–H groups in total. The Hall–Kier alpha value is -2.22. The molecule has 0 aliphatic heterocycles. The van der Waals surface area contributed by atoms with Crippen LogP contribution in [0.1, 0.15) is 98.8 Å². The van der Waals surface area contributed by atoms with Crippen LogP contribution in [0.3, 0.4) is 0 Å². The first-order valence-electron chi connectivity index (χ1n) is 15.2. The van der Waals surface area contributed by atoms with E-state index in [1.54, 1.807) is 26.0 Å². The maximum atomic E-state index is 14.4. The molecule has 3 fully saturated rings. The minimum absolute atomic E-state index is 0.0673. The second-order valence-electron chi connectivity index (χ2n) is 13.9. The fraction of sp³-hybridized carbons (Fsp3) is 0.742. The highest BCUT2D eigenvalue weighted by Gasteiger charge is 2.70. The number of ketones is 2. The third kappa shape index (κ3) is 2.85. The van der Waals surface area contributed by atoms with E-state index < -0.39 is 63.0 Å². The third-order valence-corrected chi connectivity index (χ3v) is 11.3. The molecule has 0 spiro atoms. The molecular formula is C31H41NO4. The number of hydrogen-bond donors (Lipinski definition) is 1. The number of nitrogens with zero attached hydrogens (tertiary/aromatic N) is 1. The van der Waals surface area contributed by atoms with Crippen molar-refractivity contribution in [3.05, 3.63) is 23.3 Å². The smallest absolute Gasteiger partial charge is 0.309 e. The van der Waals surface area contributed by atoms with Crippen molar-refractivity contribution in [2.75, 3.05) is 0 Å². The van der Waals surface area contributed by atoms with Crippen molar-refractivity contribution < 1.29 is 25.0 Å². The molecule has 0 aromatic rings. The highest BCUT2D eigenvalue weighted by atomic mass is 16.4. The lowest BCUT2D eigenvalue weighted by molar-refractivity contribution is -0.188. The molecule has 5 nitrogen and oxygen atoms in total. The number of fused-ring (bicyclic) bond motifs is 7. The molecule has 0 heterocycles. The molecule has 5 rings (SSSR count). The van der Waals surface area contributed by atoms with Gasteiger partial charge in [-0.2, -0.15) is 5.26 Å². The van der Waals surface area contributed by atoms with Crippen LogP contribution in [-0.2, 0) is 14.4 Å². The van der Waals surface area contributed by atoms with Gasteiger partial charge in [0.15, 0.2) is 11.6 Å². The maximum absolute atomic E-state index is 14.4. The van der Waals surface area contributed by atoms with Crippen LogP contribution < -0.4 is 0 Å². The number of aliphatic carboxylic acids is 1. The predicted molar refractivity (Wildman–Crippen MR) is 137 cm³/mol. The number of carboxylic acid groups (broad SMARTS) is 1. The Morgan fingerprint density at radius 3 is 2.36 bits per heavy atom. The van der Waals surface area contributed by atoms with Crippen LogP contribution in [0, 0.1) is 61.6 Å². The lowest BCUT2D eigenvalue weighted by Gasteiger charge is -2.68. The molecule has 0 saturated heterocycles. The molecule has 0 unspecified atom stereocenters. The van der Waals surface area contributed by atoms with Crippen LogP contribution in [0.15, 0.2) is 23.3 Å². The number of nitriles is 1. The predicted octanol–water partition coefficient (Wildman–Crippen LogP) is 6.29. The van der Waals surface area contributed by atoms with Crippen molar-refractivity contribution in [1.82, 2.24) is 0 Å². The van der Waals surface area contributed by atoms with Gasteiger partial charge in [-0.05, 0) is 79.0 Å². The second-order valence-corrected chi connectivity index (χ2v) is 13.9. The highest BCUT2D eigenvalue weighted by molar-refractivity contribution is 6.04. The van der Waals surface area contributed by atoms with Crippen molar-refractivity contribution in [2.45, 2.75) is 93.3 Å². The monoisotopic (exact) mass is 495 g/mol. The van der Waals surface area contributed by atoms with Gasteiger partial charge < -0.3 is 5.11 Å². The molecule has 0 aromatic heterocycles. The first kappa shape index (κ1) is 20.8. The highest BCUT2D eigenvalue weighted by Crippen LogP contribution is 2.74. The number of hydrogen-bond acceptors (Lipinski definition) is 4. The summed E-state index contributed by atoms with van der Waals surface area (Å²) in [6, 6.07) is 2.08. The van der Waals surface area contributed by atoms with Crippen LogP contribution in [0.2, 0.25) is 0 Å². The van der Waals surface area contributed by atoms with Gasteiger partial charge in [0, 0.05) is 22.2 Å². The lowest BCUT2D eigenvalue weighted by atomic mass is 9.34. The Bertz CT molecular complexity index is 1350. The summed E-state index contributed by atoms with van der Waals surface area (Å²) in [5.74, 6) is -4.48. The zero-order valence-electron chi connectivity index (χ0n) is 26.5. The summed E-state index contributed by atoms with van der Waals surface area (Å²) in [7, 11) is 0. The number of Topliss-reactive ketones (excluding diaryl/α,β-unsaturated/α-hetero) is 1. The van der Waals surface area contributed by atoms with Crippen LogP contribution in [0.25, 0.3) is 0 Å². The van der Waals surface area contributed by atoms with Gasteiger partial charge in [-0.1, -0.05) is 60.1 Å². The van der Waals surface area contributed by atoms with E-state index >= 15 is 0 Å². The fourth-order valence-corrected chi connectivity index (χ4v) is 9.12. The Kier molecular flexibility index (Phi) is 4.16. The van der Waals surface area contributed by atoms with E-state index in [0.717, 1.165) is 5.57 Å². The van der Waals surface area contributed by atoms with E-state index in [2.05, 4.69) is 13.0 Å². The van der Waals surface area contributed by atoms with E-state index in [1.807, 2.05) is 27.7 Å². The number of allylic oxidation sites excluding steroid dienone is 4. The summed E-state index contributed by atoms with van der Waals surface area (Å²) in [6.07, 6.45) is 0.174. The van der Waals surface area contributed by atoms with Crippen molar-refractivity contribution >= 4 is 17.5 Å². The van der Waals surface area contributed by atoms with E-state index in [1.165, 1.54) is 0 Å². The molecular weight excluding hydrogens is 450 g/mol. The average Bonchev–Trinajstić information content (AvgIpc) is 2.81. The quantitative estimate of drug-likeness (QED) is 0.461. The molecule has 36 heavy (non-hydrogen) atoms. The summed E-state index contributed by atoms with van der Waals surface area (Å²) in [5, 5.41) is 20.5. The Labute approximate surface area is 221 Å². The van der Waals surface area contributed by atoms with E-state index in [4.69, 9.17) is 2.74 Å². The standard InChI is InChI=1S/C31H41NO4/c1-26(2)10-12-31(25(35)36)13-11-30(7)23(19(31)16-26)20(33)14-22-28(5)15-18(17-32)24(34)27(3,4)21(28)8-9-29(22,30)6/h14-15,19,21,23H,8-13,16H2,1-7H3,(H,35,36)/t19-,21-,23-,28-,29+,30+,31-/m0/s1/i12D2,16D2. The summed E-state index contributed by atoms with van der Waals surface area (Å²) in [4.78, 5) is 40.7. The molecule has 0 aromatic carbocycles. The van der Waals surface area contributed by atoms with Crippen molar-refractivity contribution in [2.24, 2.45) is 50.2 Å². The Morgan fingerprint density at radius 2 is 1.75 bits per heavy atom. The van der Waals surface area contributed by atoms with Crippen LogP contribution >= 0.6 is 0 Å². The Balaban J connectivity index is 1.79. The summed E-state index contributed by atoms with van der Waals surface area (Å²) in [5.41, 5.74) is -5.42. The van der Waals surface area contributed by atoms with Crippen LogP contribution in [0.4, 0.5) is 0 Å². The van der Waals surface area contributed by atoms with E-state index in [0.29, 0.717) is 12.8 Å². The first-order chi connectivity index (χ1) is 18.0. The van der Waals surface area contributed by atoms with Gasteiger partial charge in [0.05, 0.1) is 11.0 Å². The van der Waals surface area contributed by atoms with Gasteiger partial charge in [0.1, 0.15) is 6.07 Å². The molecule has 5 aliphatic carbocycles. The largest absolute Gasteiger partial charge is 0.481 e. The zero-order valence-corrected chi connectivity index (χ0v) is 22.5. The SMILES string of the molecule is [2H]C1([2H])[C@H]2[C@H]3C(=O)C=C4[C@@]5(C)C=C(C#N)C(=O)C(C)(C)[C@@H]5CC[C@@]4(C)[C@]3(C)CC[C@@]2(C(=O)O)C([2H])([2H])CC1(C)C. The maximum Gasteiger partial charge on any atom is 0.309 e. The molecule has 0 bridgehead atoms. The molecule has 194 valence electrons. The molecule has 0 radical (unpaired) electrons. The minimum atomic E-state index is -2.22. The van der Waals surface area contributed by atoms with Gasteiger partial charge in [-0.25, -0.2) is 0 Å². The van der Waals surface area contributed by atoms with Crippen LogP contribution in [-0.4, -0.2) is 22.6 Å². The first-order valence-corrected chi connectivity index (χ1v) is 13.2. The van der Waals surface area contributed by atoms with Crippen LogP contribution in [0.5, 0.6) is 0 Å². The topological polar surface area (TPSA) is 95.2 Å². The summed E-state index contributed by atoms with van der Waals surface area (Å²) >= 11 is 0. The van der Waals surface area contributed by atoms with Crippen molar-refractivity contribution in [3.8, 4) is 6.07 Å². The van der Waals surface area contributed by atoms with Gasteiger partial charge >= 0.3 is 5.97 Å². The number of carbonyl (C=O) groups is 3. The normalized spacial score (nSPS) is 51.1. The third-order valence-electron chi connectivity index (χ3n) is 11.3. The molecule has 5 heteroatoms. The second kappa shape index (κ2) is 7.21. The van der Waals surface area contributed by atoms with E-state index in [-0.39, 0.29) is 42.3 Å². The minimum Gasteiger partial charge on any atom is -0.481 e. The Morgan fingerprint density at radius 1 is 1.08 bits per heavy atom. The molecule has 7 atom stereocenters. The molecule has 5 aliphatic rings. The average molecular weight is 496 g/mol. The fourth-order valence-electron chi connectivity index (χ4n) is 9.12. The molecule has 0 amide bonds. The van der Waals surface area contributed by atoms with Gasteiger partial charge in [0.2, 0.25) is 0 Å². The molecule has 3 saturated carbocycles. The van der Waals surface area contributed by atoms with Crippen molar-refractivity contribution in [1.29, 1.82) is 5.26 Å². The van der Waals surface area contributed by atoms with Gasteiger partial charge in [0.25, 0.3) is 0 Å². The van der Waals surface area contributed by atoms with Crippen molar-refractivity contribution in [3.63, 3.8) is 0 Å².